The van der Waals surface area contributed by atoms with E-state index in [1.807, 2.05) is 0 Å². The lowest BCUT2D eigenvalue weighted by Gasteiger charge is -2.52. The number of ketones is 4. The van der Waals surface area contributed by atoms with E-state index in [0.717, 1.165) is 24.3 Å². The van der Waals surface area contributed by atoms with Crippen molar-refractivity contribution in [2.24, 2.45) is 29.4 Å². The predicted molar refractivity (Wildman–Crippen MR) is 146 cm³/mol. The number of amides is 1. The van der Waals surface area contributed by atoms with Crippen LogP contribution in [0.25, 0.3) is 11.1 Å². The van der Waals surface area contributed by atoms with Crippen molar-refractivity contribution in [1.82, 2.24) is 4.90 Å². The summed E-state index contributed by atoms with van der Waals surface area (Å²) in [6, 6.07) is 4.32. The highest BCUT2D eigenvalue weighted by Gasteiger charge is 2.69. The van der Waals surface area contributed by atoms with Gasteiger partial charge in [-0.15, -0.1) is 0 Å². The molecule has 4 N–H and O–H groups in total. The Hall–Kier alpha value is -4.10. The van der Waals surface area contributed by atoms with Crippen molar-refractivity contribution in [3.8, 4) is 16.9 Å². The summed E-state index contributed by atoms with van der Waals surface area (Å²) >= 11 is 0. The second kappa shape index (κ2) is 9.98. The standard InChI is InChI=1S/C30H30F3N3O7/c1-35(2)18-11-15(12-5-7-14(8-6-12)30(31,32)33)23(37)20-16(18)9-13-10-17-22(36(3)4)25(39)21(28(34)42)27(41)29(17,43)26(40)19(13)24(20)38/h5-8,11,13,17,19,21-22,37,43H,9-10H2,1-4H3,(H2,34,42)/t13-,17-,19?,21?,22-,29-/m0/s1. The fourth-order valence-electron chi connectivity index (χ4n) is 7.11. The van der Waals surface area contributed by atoms with Gasteiger partial charge in [-0.1, -0.05) is 12.1 Å². The van der Waals surface area contributed by atoms with Crippen molar-refractivity contribution >= 4 is 34.7 Å². The van der Waals surface area contributed by atoms with Crippen LogP contribution >= 0.6 is 0 Å². The van der Waals surface area contributed by atoms with E-state index >= 15 is 0 Å². The summed E-state index contributed by atoms with van der Waals surface area (Å²) in [4.78, 5) is 70.0. The molecule has 0 saturated heterocycles. The second-order valence-corrected chi connectivity index (χ2v) is 11.9. The van der Waals surface area contributed by atoms with Crippen LogP contribution in [0.4, 0.5) is 18.9 Å². The molecule has 10 nitrogen and oxygen atoms in total. The number of phenols is 1. The molecule has 0 aromatic heterocycles. The molecule has 13 heteroatoms. The van der Waals surface area contributed by atoms with Gasteiger partial charge < -0.3 is 20.8 Å². The number of alkyl halides is 3. The van der Waals surface area contributed by atoms with E-state index in [4.69, 9.17) is 5.73 Å². The molecule has 2 aromatic carbocycles. The third-order valence-electron chi connectivity index (χ3n) is 9.04. The van der Waals surface area contributed by atoms with Crippen LogP contribution in [0.2, 0.25) is 0 Å². The number of aromatic hydroxyl groups is 1. The number of rotatable bonds is 4. The lowest BCUT2D eigenvalue weighted by Crippen LogP contribution is -2.74. The van der Waals surface area contributed by atoms with Crippen LogP contribution in [0.15, 0.2) is 30.3 Å². The van der Waals surface area contributed by atoms with Crippen LogP contribution in [0.3, 0.4) is 0 Å². The van der Waals surface area contributed by atoms with Crippen molar-refractivity contribution in [2.75, 3.05) is 33.1 Å². The first-order valence-corrected chi connectivity index (χ1v) is 13.5. The SMILES string of the molecule is CN(C)c1cc(-c2ccc(C(F)(F)F)cc2)c(O)c2c1C[C@H]1C[C@H]3[C@H](N(C)C)C(=O)C(C(N)=O)C(=O)[C@@]3(O)C(=O)C1C2=O. The van der Waals surface area contributed by atoms with Crippen LogP contribution in [0.5, 0.6) is 5.75 Å². The minimum Gasteiger partial charge on any atom is -0.507 e. The number of benzene rings is 2. The third kappa shape index (κ3) is 4.36. The second-order valence-electron chi connectivity index (χ2n) is 11.9. The van der Waals surface area contributed by atoms with Crippen molar-refractivity contribution in [2.45, 2.75) is 30.7 Å². The maximum atomic E-state index is 14.1. The molecule has 43 heavy (non-hydrogen) atoms. The Bertz CT molecular complexity index is 1580. The number of hydrogen-bond donors (Lipinski definition) is 3. The summed E-state index contributed by atoms with van der Waals surface area (Å²) in [6.07, 6.45) is -4.63. The van der Waals surface area contributed by atoms with Gasteiger partial charge in [-0.05, 0) is 62.2 Å². The maximum absolute atomic E-state index is 14.1. The fourth-order valence-corrected chi connectivity index (χ4v) is 7.11. The minimum absolute atomic E-state index is 0.0450. The molecule has 0 spiro atoms. The Morgan fingerprint density at radius 2 is 1.63 bits per heavy atom. The molecule has 2 aromatic rings. The van der Waals surface area contributed by atoms with Crippen LogP contribution in [0, 0.1) is 23.7 Å². The van der Waals surface area contributed by atoms with Gasteiger partial charge in [0.15, 0.2) is 34.7 Å². The average Bonchev–Trinajstić information content (AvgIpc) is 2.90. The lowest BCUT2D eigenvalue weighted by molar-refractivity contribution is -0.181. The van der Waals surface area contributed by atoms with Crippen LogP contribution in [-0.4, -0.2) is 84.0 Å². The normalized spacial score (nSPS) is 28.8. The largest absolute Gasteiger partial charge is 0.507 e. The molecular formula is C30H30F3N3O7. The Labute approximate surface area is 244 Å². The molecule has 3 aliphatic carbocycles. The fraction of sp³-hybridized carbons (Fsp3) is 0.433. The van der Waals surface area contributed by atoms with E-state index < -0.39 is 81.8 Å². The summed E-state index contributed by atoms with van der Waals surface area (Å²) in [7, 11) is 6.35. The number of primary amides is 1. The predicted octanol–water partition coefficient (Wildman–Crippen LogP) is 1.62. The summed E-state index contributed by atoms with van der Waals surface area (Å²) in [6.45, 7) is 0. The maximum Gasteiger partial charge on any atom is 0.416 e. The van der Waals surface area contributed by atoms with E-state index in [1.54, 1.807) is 25.1 Å². The first kappa shape index (κ1) is 30.4. The number of halogens is 3. The molecule has 0 bridgehead atoms. The zero-order valence-electron chi connectivity index (χ0n) is 23.7. The van der Waals surface area contributed by atoms with Gasteiger partial charge in [0.25, 0.3) is 0 Å². The van der Waals surface area contributed by atoms with Gasteiger partial charge in [0.05, 0.1) is 23.1 Å². The molecule has 0 aliphatic heterocycles. The zero-order valence-corrected chi connectivity index (χ0v) is 23.7. The number of anilines is 1. The number of carbonyl (C=O) groups is 5. The average molecular weight is 602 g/mol. The number of nitrogens with two attached hydrogens (primary N) is 1. The molecule has 2 unspecified atom stereocenters. The highest BCUT2D eigenvalue weighted by Crippen LogP contribution is 2.53. The molecule has 0 heterocycles. The van der Waals surface area contributed by atoms with Crippen LogP contribution in [-0.2, 0) is 31.8 Å². The number of aliphatic hydroxyl groups is 1. The number of likely N-dealkylation sites (N-methyl/N-ethyl adjacent to an activating group) is 1. The smallest absolute Gasteiger partial charge is 0.416 e. The van der Waals surface area contributed by atoms with Gasteiger partial charge in [-0.25, -0.2) is 0 Å². The first-order valence-electron chi connectivity index (χ1n) is 13.5. The van der Waals surface area contributed by atoms with E-state index in [-0.39, 0.29) is 29.5 Å². The van der Waals surface area contributed by atoms with E-state index in [0.29, 0.717) is 11.3 Å². The summed E-state index contributed by atoms with van der Waals surface area (Å²) < 4.78 is 39.5. The van der Waals surface area contributed by atoms with Gasteiger partial charge in [0, 0.05) is 31.3 Å². The highest BCUT2D eigenvalue weighted by molar-refractivity contribution is 6.32. The number of hydrogen-bond acceptors (Lipinski definition) is 9. The summed E-state index contributed by atoms with van der Waals surface area (Å²) in [5.74, 6) is -11.8. The van der Waals surface area contributed by atoms with E-state index in [1.165, 1.54) is 19.0 Å². The Kier molecular flexibility index (Phi) is 7.05. The highest BCUT2D eigenvalue weighted by atomic mass is 19.4. The van der Waals surface area contributed by atoms with E-state index in [2.05, 4.69) is 0 Å². The minimum atomic E-state index is -4.59. The molecule has 1 amide bonds. The number of phenolic OH excluding ortho intramolecular Hbond substituents is 1. The van der Waals surface area contributed by atoms with Gasteiger partial charge in [0.2, 0.25) is 5.91 Å². The molecule has 6 atom stereocenters. The molecule has 228 valence electrons. The summed E-state index contributed by atoms with van der Waals surface area (Å²) in [5.41, 5.74) is 2.41. The topological polar surface area (TPSA) is 158 Å². The Morgan fingerprint density at radius 1 is 1.02 bits per heavy atom. The summed E-state index contributed by atoms with van der Waals surface area (Å²) in [5, 5.41) is 23.1. The number of fused-ring (bicyclic) bond motifs is 3. The quantitative estimate of drug-likeness (QED) is 0.443. The first-order chi connectivity index (χ1) is 19.9. The van der Waals surface area contributed by atoms with Gasteiger partial charge in [-0.2, -0.15) is 13.2 Å². The lowest BCUT2D eigenvalue weighted by atomic mass is 9.52. The van der Waals surface area contributed by atoms with Crippen LogP contribution < -0.4 is 10.6 Å². The number of nitrogens with zero attached hydrogens (tertiary/aromatic N) is 2. The van der Waals surface area contributed by atoms with E-state index in [9.17, 15) is 47.4 Å². The number of carbonyl (C=O) groups excluding carboxylic acids is 5. The van der Waals surface area contributed by atoms with Crippen molar-refractivity contribution in [1.29, 1.82) is 0 Å². The van der Waals surface area contributed by atoms with Crippen molar-refractivity contribution in [3.05, 3.63) is 47.0 Å². The monoisotopic (exact) mass is 601 g/mol. The zero-order chi connectivity index (χ0) is 31.9. The van der Waals surface area contributed by atoms with Gasteiger partial charge in [-0.3, -0.25) is 28.9 Å². The molecule has 3 aliphatic rings. The Morgan fingerprint density at radius 3 is 2.14 bits per heavy atom. The van der Waals surface area contributed by atoms with Gasteiger partial charge in [0.1, 0.15) is 5.75 Å². The van der Waals surface area contributed by atoms with Crippen molar-refractivity contribution < 1.29 is 47.4 Å². The molecule has 2 fully saturated rings. The third-order valence-corrected chi connectivity index (χ3v) is 9.04. The Balaban J connectivity index is 1.66. The molecule has 5 rings (SSSR count). The molecule has 2 saturated carbocycles. The van der Waals surface area contributed by atoms with Gasteiger partial charge >= 0.3 is 6.18 Å². The number of Topliss-reactive ketones (excluding diaryl/α,β-unsaturated/α-hetero) is 4. The molecule has 0 radical (unpaired) electrons. The van der Waals surface area contributed by atoms with Crippen molar-refractivity contribution in [3.63, 3.8) is 0 Å². The molecular weight excluding hydrogens is 571 g/mol. The van der Waals surface area contributed by atoms with Crippen LogP contribution in [0.1, 0.15) is 27.9 Å².